The van der Waals surface area contributed by atoms with Gasteiger partial charge in [-0.3, -0.25) is 14.2 Å². The number of carbonyl (C=O) groups is 2. The van der Waals surface area contributed by atoms with Crippen LogP contribution in [0.15, 0.2) is 30.3 Å². The van der Waals surface area contributed by atoms with Crippen LogP contribution < -0.4 is 0 Å². The summed E-state index contributed by atoms with van der Waals surface area (Å²) in [6, 6.07) is 9.03. The maximum atomic E-state index is 11.9. The van der Waals surface area contributed by atoms with Crippen LogP contribution >= 0.6 is 7.60 Å². The molecule has 1 rings (SSSR count). The molecule has 0 radical (unpaired) electrons. The highest BCUT2D eigenvalue weighted by atomic mass is 31.2. The summed E-state index contributed by atoms with van der Waals surface area (Å²) in [6.45, 7) is 4.36. The van der Waals surface area contributed by atoms with Crippen molar-refractivity contribution in [3.63, 3.8) is 0 Å². The van der Waals surface area contributed by atoms with E-state index >= 15 is 0 Å². The summed E-state index contributed by atoms with van der Waals surface area (Å²) < 4.78 is 16.2. The fourth-order valence-corrected chi connectivity index (χ4v) is 2.81. The minimum absolute atomic E-state index is 0.447. The molecule has 2 atom stereocenters. The highest BCUT2D eigenvalue weighted by Crippen LogP contribution is 2.38. The maximum Gasteiger partial charge on any atom is 0.332 e. The summed E-state index contributed by atoms with van der Waals surface area (Å²) in [7, 11) is -4.53. The second-order valence-electron chi connectivity index (χ2n) is 6.23. The summed E-state index contributed by atoms with van der Waals surface area (Å²) in [5.41, 5.74) is -0.687. The van der Waals surface area contributed by atoms with Crippen molar-refractivity contribution in [3.05, 3.63) is 35.9 Å². The van der Waals surface area contributed by atoms with Crippen molar-refractivity contribution < 1.29 is 33.8 Å². The zero-order valence-electron chi connectivity index (χ0n) is 13.9. The SMILES string of the molecule is C[C@@H](OC(=O)C[C@@H](O)C(C)(C)C(=O)CP(=O)(O)O)c1ccccc1. The van der Waals surface area contributed by atoms with E-state index < -0.39 is 49.6 Å². The lowest BCUT2D eigenvalue weighted by molar-refractivity contribution is -0.153. The molecule has 0 spiro atoms. The van der Waals surface area contributed by atoms with Gasteiger partial charge in [0.15, 0.2) is 5.78 Å². The first kappa shape index (κ1) is 20.5. The topological polar surface area (TPSA) is 121 Å². The van der Waals surface area contributed by atoms with Crippen LogP contribution in [0.1, 0.15) is 38.9 Å². The molecule has 0 aromatic heterocycles. The lowest BCUT2D eigenvalue weighted by Gasteiger charge is -2.29. The van der Waals surface area contributed by atoms with E-state index in [1.807, 2.05) is 6.07 Å². The molecule has 0 bridgehead atoms. The van der Waals surface area contributed by atoms with E-state index in [0.717, 1.165) is 5.56 Å². The van der Waals surface area contributed by atoms with Crippen LogP contribution in [0, 0.1) is 5.41 Å². The average molecular weight is 358 g/mol. The number of esters is 1. The molecule has 0 unspecified atom stereocenters. The molecule has 3 N–H and O–H groups in total. The Kier molecular flexibility index (Phi) is 6.86. The summed E-state index contributed by atoms with van der Waals surface area (Å²) in [5.74, 6) is -1.51. The standard InChI is InChI=1S/C16H23O7P/c1-11(12-7-5-4-6-8-12)23-15(19)9-13(17)16(2,3)14(18)10-24(20,21)22/h4-8,11,13,17H,9-10H2,1-3H3,(H2,20,21,22)/t11-,13-/m1/s1. The molecule has 0 aliphatic heterocycles. The number of aliphatic hydroxyl groups is 1. The smallest absolute Gasteiger partial charge is 0.332 e. The normalized spacial score (nSPS) is 14.8. The second-order valence-corrected chi connectivity index (χ2v) is 7.88. The molecule has 0 saturated carbocycles. The number of hydrogen-bond acceptors (Lipinski definition) is 5. The average Bonchev–Trinajstić information content (AvgIpc) is 2.46. The lowest BCUT2D eigenvalue weighted by Crippen LogP contribution is -2.40. The Labute approximate surface area is 140 Å². The Balaban J connectivity index is 2.65. The third-order valence-electron chi connectivity index (χ3n) is 3.84. The van der Waals surface area contributed by atoms with Crippen LogP contribution in [0.2, 0.25) is 0 Å². The number of hydrogen-bond donors (Lipinski definition) is 3. The number of benzene rings is 1. The van der Waals surface area contributed by atoms with Gasteiger partial charge in [-0.1, -0.05) is 44.2 Å². The molecule has 1 aromatic rings. The summed E-state index contributed by atoms with van der Waals surface area (Å²) >= 11 is 0. The number of Topliss-reactive ketones (excluding diaryl/α,β-unsaturated/α-hetero) is 1. The summed E-state index contributed by atoms with van der Waals surface area (Å²) in [5, 5.41) is 10.1. The third-order valence-corrected chi connectivity index (χ3v) is 4.54. The van der Waals surface area contributed by atoms with E-state index in [0.29, 0.717) is 0 Å². The number of ketones is 1. The van der Waals surface area contributed by atoms with Gasteiger partial charge in [0.2, 0.25) is 0 Å². The predicted octanol–water partition coefficient (Wildman–Crippen LogP) is 1.81. The largest absolute Gasteiger partial charge is 0.458 e. The molecule has 0 saturated heterocycles. The lowest BCUT2D eigenvalue weighted by atomic mass is 9.81. The highest BCUT2D eigenvalue weighted by Gasteiger charge is 2.39. The monoisotopic (exact) mass is 358 g/mol. The van der Waals surface area contributed by atoms with Crippen molar-refractivity contribution in [3.8, 4) is 0 Å². The third kappa shape index (κ3) is 6.17. The Hall–Kier alpha value is -1.53. The second kappa shape index (κ2) is 8.03. The number of aliphatic hydroxyl groups excluding tert-OH is 1. The molecule has 7 nitrogen and oxygen atoms in total. The van der Waals surface area contributed by atoms with Gasteiger partial charge < -0.3 is 19.6 Å². The molecule has 8 heteroatoms. The summed E-state index contributed by atoms with van der Waals surface area (Å²) in [6.07, 6.45) is -3.35. The van der Waals surface area contributed by atoms with E-state index in [9.17, 15) is 19.3 Å². The van der Waals surface area contributed by atoms with E-state index in [1.54, 1.807) is 31.2 Å². The molecule has 134 valence electrons. The minimum atomic E-state index is -4.53. The van der Waals surface area contributed by atoms with Gasteiger partial charge in [0, 0.05) is 0 Å². The van der Waals surface area contributed by atoms with Gasteiger partial charge in [0.25, 0.3) is 0 Å². The Morgan fingerprint density at radius 3 is 2.25 bits per heavy atom. The van der Waals surface area contributed by atoms with Gasteiger partial charge in [-0.25, -0.2) is 0 Å². The molecular formula is C16H23O7P. The first-order valence-electron chi connectivity index (χ1n) is 7.44. The fourth-order valence-electron chi connectivity index (χ4n) is 2.03. The minimum Gasteiger partial charge on any atom is -0.458 e. The maximum absolute atomic E-state index is 11.9. The predicted molar refractivity (Wildman–Crippen MR) is 87.3 cm³/mol. The van der Waals surface area contributed by atoms with Gasteiger partial charge >= 0.3 is 13.6 Å². The molecule has 0 heterocycles. The van der Waals surface area contributed by atoms with Gasteiger partial charge in [0.05, 0.1) is 17.9 Å². The van der Waals surface area contributed by atoms with Crippen LogP contribution in [-0.2, 0) is 18.9 Å². The van der Waals surface area contributed by atoms with Crippen LogP contribution in [-0.4, -0.2) is 38.9 Å². The Bertz CT molecular complexity index is 621. The Morgan fingerprint density at radius 1 is 1.21 bits per heavy atom. The molecule has 0 aliphatic rings. The zero-order valence-corrected chi connectivity index (χ0v) is 14.8. The number of ether oxygens (including phenoxy) is 1. The van der Waals surface area contributed by atoms with Gasteiger partial charge in [-0.15, -0.1) is 0 Å². The zero-order chi connectivity index (χ0) is 18.5. The number of rotatable bonds is 8. The molecule has 0 aliphatic carbocycles. The van der Waals surface area contributed by atoms with Crippen LogP contribution in [0.5, 0.6) is 0 Å². The summed E-state index contributed by atoms with van der Waals surface area (Å²) in [4.78, 5) is 41.6. The number of carbonyl (C=O) groups excluding carboxylic acids is 2. The van der Waals surface area contributed by atoms with Crippen LogP contribution in [0.25, 0.3) is 0 Å². The van der Waals surface area contributed by atoms with Crippen molar-refractivity contribution in [1.29, 1.82) is 0 Å². The highest BCUT2D eigenvalue weighted by molar-refractivity contribution is 7.52. The van der Waals surface area contributed by atoms with E-state index in [-0.39, 0.29) is 0 Å². The van der Waals surface area contributed by atoms with E-state index in [2.05, 4.69) is 0 Å². The van der Waals surface area contributed by atoms with Crippen molar-refractivity contribution in [2.45, 2.75) is 39.4 Å². The van der Waals surface area contributed by atoms with Gasteiger partial charge in [-0.05, 0) is 12.5 Å². The van der Waals surface area contributed by atoms with Gasteiger partial charge in [-0.2, -0.15) is 0 Å². The van der Waals surface area contributed by atoms with Crippen molar-refractivity contribution in [2.75, 3.05) is 6.16 Å². The van der Waals surface area contributed by atoms with Crippen LogP contribution in [0.4, 0.5) is 0 Å². The fraction of sp³-hybridized carbons (Fsp3) is 0.500. The van der Waals surface area contributed by atoms with Crippen molar-refractivity contribution in [1.82, 2.24) is 0 Å². The molecule has 24 heavy (non-hydrogen) atoms. The van der Waals surface area contributed by atoms with Gasteiger partial charge in [0.1, 0.15) is 12.3 Å². The van der Waals surface area contributed by atoms with Crippen LogP contribution in [0.3, 0.4) is 0 Å². The molecule has 0 amide bonds. The molecule has 0 fully saturated rings. The van der Waals surface area contributed by atoms with E-state index in [4.69, 9.17) is 14.5 Å². The first-order chi connectivity index (χ1) is 10.9. The Morgan fingerprint density at radius 2 is 1.75 bits per heavy atom. The molecular weight excluding hydrogens is 335 g/mol. The first-order valence-corrected chi connectivity index (χ1v) is 9.23. The quantitative estimate of drug-likeness (QED) is 0.479. The molecule has 1 aromatic carbocycles. The van der Waals surface area contributed by atoms with Crippen molar-refractivity contribution >= 4 is 19.3 Å². The van der Waals surface area contributed by atoms with E-state index in [1.165, 1.54) is 13.8 Å². The van der Waals surface area contributed by atoms with Crippen molar-refractivity contribution in [2.24, 2.45) is 5.41 Å².